The summed E-state index contributed by atoms with van der Waals surface area (Å²) < 4.78 is 0. The van der Waals surface area contributed by atoms with Crippen LogP contribution in [0.4, 0.5) is 0 Å². The Morgan fingerprint density at radius 3 is 2.30 bits per heavy atom. The molecule has 7 nitrogen and oxygen atoms in total. The zero-order valence-electron chi connectivity index (χ0n) is 15.1. The molecule has 134 valence electrons. The average molecular weight is 326 g/mol. The molecule has 1 rings (SSSR count). The van der Waals surface area contributed by atoms with Gasteiger partial charge in [0.15, 0.2) is 0 Å². The first kappa shape index (κ1) is 20.1. The molecular weight excluding hydrogens is 292 g/mol. The first-order valence-corrected chi connectivity index (χ1v) is 8.28. The molecule has 0 unspecified atom stereocenters. The summed E-state index contributed by atoms with van der Waals surface area (Å²) in [6, 6.07) is 0. The highest BCUT2D eigenvalue weighted by atomic mass is 16.4. The molecule has 1 fully saturated rings. The van der Waals surface area contributed by atoms with Gasteiger partial charge in [-0.1, -0.05) is 17.3 Å². The van der Waals surface area contributed by atoms with Crippen molar-refractivity contribution in [2.24, 2.45) is 11.0 Å². The van der Waals surface area contributed by atoms with E-state index in [2.05, 4.69) is 46.5 Å². The lowest BCUT2D eigenvalue weighted by Crippen LogP contribution is -2.53. The van der Waals surface area contributed by atoms with Crippen molar-refractivity contribution in [2.75, 3.05) is 39.3 Å². The van der Waals surface area contributed by atoms with Crippen molar-refractivity contribution < 1.29 is 5.21 Å². The van der Waals surface area contributed by atoms with E-state index in [9.17, 15) is 5.21 Å². The van der Waals surface area contributed by atoms with Crippen LogP contribution in [0.3, 0.4) is 0 Å². The Morgan fingerprint density at radius 1 is 1.22 bits per heavy atom. The highest BCUT2D eigenvalue weighted by Crippen LogP contribution is 2.22. The summed E-state index contributed by atoms with van der Waals surface area (Å²) in [5.41, 5.74) is 3.82. The lowest BCUT2D eigenvalue weighted by atomic mass is 9.85. The number of rotatable bonds is 3. The summed E-state index contributed by atoms with van der Waals surface area (Å²) in [5, 5.41) is 20.0. The molecule has 0 radical (unpaired) electrons. The maximum atomic E-state index is 9.44. The van der Waals surface area contributed by atoms with Crippen LogP contribution in [-0.4, -0.2) is 66.2 Å². The Labute approximate surface area is 140 Å². The lowest BCUT2D eigenvalue weighted by Gasteiger charge is -2.35. The third-order valence-electron chi connectivity index (χ3n) is 4.67. The van der Waals surface area contributed by atoms with Crippen LogP contribution in [-0.2, 0) is 0 Å². The van der Waals surface area contributed by atoms with Crippen molar-refractivity contribution in [3.05, 3.63) is 12.2 Å². The first-order valence-electron chi connectivity index (χ1n) is 8.28. The van der Waals surface area contributed by atoms with Gasteiger partial charge in [-0.25, -0.2) is 0 Å². The number of hydrogen-bond acceptors (Lipinski definition) is 7. The number of nitrogens with zero attached hydrogens (tertiary/aromatic N) is 2. The Balaban J connectivity index is 2.89. The molecule has 0 spiro atoms. The van der Waals surface area contributed by atoms with Gasteiger partial charge < -0.3 is 15.8 Å². The maximum absolute atomic E-state index is 9.44. The van der Waals surface area contributed by atoms with Crippen LogP contribution in [0.1, 0.15) is 34.1 Å². The van der Waals surface area contributed by atoms with Crippen molar-refractivity contribution in [1.29, 1.82) is 0 Å². The molecule has 23 heavy (non-hydrogen) atoms. The third-order valence-corrected chi connectivity index (χ3v) is 4.67. The molecule has 1 aliphatic heterocycles. The molecule has 1 heterocycles. The summed E-state index contributed by atoms with van der Waals surface area (Å²) in [4.78, 5) is 2.35. The minimum Gasteiger partial charge on any atom is -0.411 e. The molecular formula is C16H34N6O. The zero-order valence-corrected chi connectivity index (χ0v) is 15.1. The predicted octanol–water partition coefficient (Wildman–Crippen LogP) is 0.278. The maximum Gasteiger partial charge on any atom is 0.0806 e. The molecule has 0 aromatic rings. The van der Waals surface area contributed by atoms with Gasteiger partial charge in [-0.05, 0) is 27.7 Å². The van der Waals surface area contributed by atoms with Crippen LogP contribution in [0.5, 0.6) is 0 Å². The van der Waals surface area contributed by atoms with Gasteiger partial charge in [-0.2, -0.15) is 0 Å². The number of nitrogens with two attached hydrogens (primary N) is 1. The normalized spacial score (nSPS) is 25.8. The van der Waals surface area contributed by atoms with Crippen LogP contribution in [0.25, 0.3) is 0 Å². The smallest absolute Gasteiger partial charge is 0.0806 e. The standard InChI is InChI=1S/C16H34N6O/c1-13-12-14(21-23)16(4,5)19-7-10-22(11-8-20-17)9-6-18-15(13,2)3/h18-20,23H,1,6-12,17H2,2-5H3/b21-14-. The Hall–Kier alpha value is -0.990. The minimum absolute atomic E-state index is 0.219. The van der Waals surface area contributed by atoms with E-state index >= 15 is 0 Å². The largest absolute Gasteiger partial charge is 0.411 e. The van der Waals surface area contributed by atoms with E-state index in [0.717, 1.165) is 44.8 Å². The van der Waals surface area contributed by atoms with Crippen LogP contribution in [0.15, 0.2) is 17.3 Å². The quantitative estimate of drug-likeness (QED) is 0.221. The number of nitrogens with one attached hydrogen (secondary N) is 3. The molecule has 0 aliphatic carbocycles. The van der Waals surface area contributed by atoms with Gasteiger partial charge in [-0.15, -0.1) is 0 Å². The van der Waals surface area contributed by atoms with E-state index in [1.54, 1.807) is 0 Å². The summed E-state index contributed by atoms with van der Waals surface area (Å²) in [6.45, 7) is 17.7. The molecule has 0 bridgehead atoms. The monoisotopic (exact) mass is 326 g/mol. The van der Waals surface area contributed by atoms with Gasteiger partial charge in [0, 0.05) is 51.2 Å². The fraction of sp³-hybridized carbons (Fsp3) is 0.812. The second-order valence-corrected chi connectivity index (χ2v) is 7.23. The Kier molecular flexibility index (Phi) is 7.63. The van der Waals surface area contributed by atoms with Gasteiger partial charge in [0.1, 0.15) is 0 Å². The molecule has 1 aliphatic rings. The van der Waals surface area contributed by atoms with E-state index in [1.165, 1.54) is 0 Å². The van der Waals surface area contributed by atoms with Crippen LogP contribution in [0.2, 0.25) is 0 Å². The van der Waals surface area contributed by atoms with E-state index in [4.69, 9.17) is 5.84 Å². The van der Waals surface area contributed by atoms with Crippen molar-refractivity contribution in [3.63, 3.8) is 0 Å². The van der Waals surface area contributed by atoms with Crippen LogP contribution in [0, 0.1) is 0 Å². The highest BCUT2D eigenvalue weighted by Gasteiger charge is 2.30. The van der Waals surface area contributed by atoms with Crippen molar-refractivity contribution in [3.8, 4) is 0 Å². The molecule has 0 aromatic carbocycles. The molecule has 1 saturated heterocycles. The first-order chi connectivity index (χ1) is 10.7. The molecule has 0 aromatic heterocycles. The van der Waals surface area contributed by atoms with Gasteiger partial charge in [0.05, 0.1) is 11.3 Å². The van der Waals surface area contributed by atoms with Crippen molar-refractivity contribution in [1.82, 2.24) is 21.0 Å². The Bertz CT molecular complexity index is 419. The highest BCUT2D eigenvalue weighted by molar-refractivity contribution is 5.94. The van der Waals surface area contributed by atoms with Gasteiger partial charge in [-0.3, -0.25) is 16.2 Å². The summed E-state index contributed by atoms with van der Waals surface area (Å²) in [7, 11) is 0. The molecule has 0 saturated carbocycles. The third kappa shape index (κ3) is 6.19. The van der Waals surface area contributed by atoms with Crippen molar-refractivity contribution in [2.45, 2.75) is 45.2 Å². The van der Waals surface area contributed by atoms with E-state index < -0.39 is 0 Å². The summed E-state index contributed by atoms with van der Waals surface area (Å²) in [6.07, 6.45) is 0.567. The fourth-order valence-corrected chi connectivity index (χ4v) is 2.64. The minimum atomic E-state index is -0.384. The summed E-state index contributed by atoms with van der Waals surface area (Å²) in [5.74, 6) is 5.39. The number of hydrazine groups is 1. The van der Waals surface area contributed by atoms with Gasteiger partial charge >= 0.3 is 0 Å². The number of hydrogen-bond donors (Lipinski definition) is 5. The molecule has 6 N–H and O–H groups in total. The molecule has 7 heteroatoms. The SMILES string of the molecule is C=C1C/C(=N/O)C(C)(C)NCCN(CCNN)CCNC1(C)C. The number of oxime groups is 1. The van der Waals surface area contributed by atoms with E-state index in [0.29, 0.717) is 12.1 Å². The molecule has 0 amide bonds. The van der Waals surface area contributed by atoms with Gasteiger partial charge in [0.25, 0.3) is 0 Å². The topological polar surface area (TPSA) is 97.9 Å². The van der Waals surface area contributed by atoms with Gasteiger partial charge in [0.2, 0.25) is 0 Å². The van der Waals surface area contributed by atoms with Crippen molar-refractivity contribution >= 4 is 5.71 Å². The van der Waals surface area contributed by atoms with E-state index in [1.807, 2.05) is 13.8 Å². The summed E-state index contributed by atoms with van der Waals surface area (Å²) >= 11 is 0. The van der Waals surface area contributed by atoms with Crippen LogP contribution >= 0.6 is 0 Å². The predicted molar refractivity (Wildman–Crippen MR) is 95.8 cm³/mol. The zero-order chi connectivity index (χ0) is 17.5. The van der Waals surface area contributed by atoms with E-state index in [-0.39, 0.29) is 11.1 Å². The fourth-order valence-electron chi connectivity index (χ4n) is 2.64. The van der Waals surface area contributed by atoms with Crippen LogP contribution < -0.4 is 21.9 Å². The second-order valence-electron chi connectivity index (χ2n) is 7.23. The Morgan fingerprint density at radius 2 is 1.78 bits per heavy atom. The molecule has 0 atom stereocenters. The second kappa shape index (κ2) is 8.75. The average Bonchev–Trinajstić information content (AvgIpc) is 2.47. The lowest BCUT2D eigenvalue weighted by molar-refractivity contribution is 0.253.